The number of amides is 2. The van der Waals surface area contributed by atoms with Crippen molar-refractivity contribution in [3.63, 3.8) is 0 Å². The van der Waals surface area contributed by atoms with Crippen molar-refractivity contribution in [1.82, 2.24) is 5.32 Å². The van der Waals surface area contributed by atoms with Crippen molar-refractivity contribution in [2.75, 3.05) is 4.90 Å². The lowest BCUT2D eigenvalue weighted by molar-refractivity contribution is -0.130. The van der Waals surface area contributed by atoms with Crippen LogP contribution in [0.4, 0.5) is 11.4 Å². The molecular weight excluding hydrogens is 437 g/mol. The molecule has 2 aromatic rings. The van der Waals surface area contributed by atoms with Crippen molar-refractivity contribution >= 4 is 69.3 Å². The van der Waals surface area contributed by atoms with Gasteiger partial charge in [0.05, 0.1) is 11.4 Å². The molecule has 120 valence electrons. The molecule has 0 bridgehead atoms. The second-order valence-corrected chi connectivity index (χ2v) is 6.67. The molecule has 1 N–H and O–H groups in total. The summed E-state index contributed by atoms with van der Waals surface area (Å²) >= 11 is 7.33. The van der Waals surface area contributed by atoms with Crippen molar-refractivity contribution in [3.8, 4) is 0 Å². The maximum atomic E-state index is 12.7. The van der Waals surface area contributed by atoms with E-state index in [1.807, 2.05) is 30.3 Å². The third-order valence-corrected chi connectivity index (χ3v) is 4.42. The predicted octanol–water partition coefficient (Wildman–Crippen LogP) is 3.06. The van der Waals surface area contributed by atoms with Crippen LogP contribution in [0, 0.1) is 9.49 Å². The van der Waals surface area contributed by atoms with Crippen LogP contribution in [-0.4, -0.2) is 23.1 Å². The monoisotopic (exact) mass is 449 g/mol. The number of aliphatic imine (C=N–C) groups is 1. The van der Waals surface area contributed by atoms with Gasteiger partial charge in [-0.15, -0.1) is 0 Å². The van der Waals surface area contributed by atoms with Crippen LogP contribution in [0.5, 0.6) is 0 Å². The van der Waals surface area contributed by atoms with Gasteiger partial charge in [0.15, 0.2) is 11.0 Å². The van der Waals surface area contributed by atoms with E-state index in [4.69, 9.17) is 12.2 Å². The van der Waals surface area contributed by atoms with Crippen molar-refractivity contribution in [2.45, 2.75) is 0 Å². The van der Waals surface area contributed by atoms with E-state index in [9.17, 15) is 9.59 Å². The van der Waals surface area contributed by atoms with E-state index in [2.05, 4.69) is 32.9 Å². The number of anilines is 1. The Morgan fingerprint density at radius 2 is 1.75 bits per heavy atom. The van der Waals surface area contributed by atoms with Gasteiger partial charge in [0, 0.05) is 9.78 Å². The van der Waals surface area contributed by atoms with Gasteiger partial charge >= 0.3 is 0 Å². The number of carbonyl (C=O) groups excluding carboxylic acids is 2. The molecule has 3 rings (SSSR count). The topological polar surface area (TPSA) is 61.8 Å². The highest BCUT2D eigenvalue weighted by Gasteiger charge is 2.38. The largest absolute Gasteiger partial charge is 0.301 e. The first kappa shape index (κ1) is 16.7. The number of para-hydroxylation sites is 1. The summed E-state index contributed by atoms with van der Waals surface area (Å²) in [5, 5.41) is 2.64. The zero-order chi connectivity index (χ0) is 17.1. The zero-order valence-corrected chi connectivity index (χ0v) is 15.3. The normalized spacial score (nSPS) is 18.1. The van der Waals surface area contributed by atoms with Gasteiger partial charge in [-0.2, -0.15) is 0 Å². The molecule has 5 nitrogen and oxygen atoms in total. The lowest BCUT2D eigenvalue weighted by Crippen LogP contribution is -2.58. The third-order valence-electron chi connectivity index (χ3n) is 3.42. The maximum absolute atomic E-state index is 12.7. The summed E-state index contributed by atoms with van der Waals surface area (Å²) in [5.41, 5.74) is 1.29. The first-order valence-corrected chi connectivity index (χ1v) is 8.58. The first-order valence-electron chi connectivity index (χ1n) is 7.10. The Bertz CT molecular complexity index is 821. The number of carbonyl (C=O) groups is 2. The number of nitrogens with one attached hydrogen (secondary N) is 1. The van der Waals surface area contributed by atoms with Crippen LogP contribution in [0.2, 0.25) is 0 Å². The molecule has 1 fully saturated rings. The van der Waals surface area contributed by atoms with E-state index >= 15 is 0 Å². The molecule has 0 aromatic heterocycles. The van der Waals surface area contributed by atoms with Gasteiger partial charge in [-0.1, -0.05) is 18.2 Å². The molecule has 24 heavy (non-hydrogen) atoms. The molecular formula is C17H12IN3O2S. The van der Waals surface area contributed by atoms with Crippen LogP contribution in [0.25, 0.3) is 0 Å². The molecule has 1 aliphatic heterocycles. The zero-order valence-electron chi connectivity index (χ0n) is 12.3. The van der Waals surface area contributed by atoms with Gasteiger partial charge < -0.3 is 5.32 Å². The summed E-state index contributed by atoms with van der Waals surface area (Å²) in [6, 6.07) is 16.4. The van der Waals surface area contributed by atoms with Gasteiger partial charge in [-0.05, 0) is 71.2 Å². The number of halogens is 1. The van der Waals surface area contributed by atoms with E-state index < -0.39 is 17.7 Å². The first-order chi connectivity index (χ1) is 11.6. The molecule has 1 aliphatic rings. The molecule has 1 saturated heterocycles. The summed E-state index contributed by atoms with van der Waals surface area (Å²) < 4.78 is 1.08. The smallest absolute Gasteiger partial charge is 0.251 e. The van der Waals surface area contributed by atoms with Gasteiger partial charge in [-0.25, -0.2) is 0 Å². The lowest BCUT2D eigenvalue weighted by atomic mass is 10.1. The minimum Gasteiger partial charge on any atom is -0.301 e. The highest BCUT2D eigenvalue weighted by atomic mass is 127. The van der Waals surface area contributed by atoms with Crippen LogP contribution >= 0.6 is 34.8 Å². The number of nitrogens with zero attached hydrogens (tertiary/aromatic N) is 2. The lowest BCUT2D eigenvalue weighted by Gasteiger charge is -2.30. The van der Waals surface area contributed by atoms with Crippen molar-refractivity contribution in [3.05, 3.63) is 58.2 Å². The Balaban J connectivity index is 1.87. The highest BCUT2D eigenvalue weighted by molar-refractivity contribution is 14.1. The predicted molar refractivity (Wildman–Crippen MR) is 105 cm³/mol. The number of thiocarbonyl (C=S) groups is 1. The molecule has 2 aromatic carbocycles. The Morgan fingerprint density at radius 3 is 2.42 bits per heavy atom. The number of benzene rings is 2. The Labute approximate surface area is 157 Å². The molecule has 2 amide bonds. The van der Waals surface area contributed by atoms with Gasteiger partial charge in [0.2, 0.25) is 5.91 Å². The summed E-state index contributed by atoms with van der Waals surface area (Å²) in [5.74, 6) is -1.90. The number of hydrogen-bond acceptors (Lipinski definition) is 4. The third kappa shape index (κ3) is 3.51. The van der Waals surface area contributed by atoms with Crippen LogP contribution in [-0.2, 0) is 9.59 Å². The minimum absolute atomic E-state index is 0.0788. The quantitative estimate of drug-likeness (QED) is 0.339. The molecule has 0 unspecified atom stereocenters. The average molecular weight is 449 g/mol. The summed E-state index contributed by atoms with van der Waals surface area (Å²) in [4.78, 5) is 30.4. The fourth-order valence-corrected chi connectivity index (χ4v) is 2.89. The minimum atomic E-state index is -1.02. The van der Waals surface area contributed by atoms with Gasteiger partial charge in [-0.3, -0.25) is 19.5 Å². The highest BCUT2D eigenvalue weighted by Crippen LogP contribution is 2.21. The average Bonchev–Trinajstić information content (AvgIpc) is 2.57. The fourth-order valence-electron chi connectivity index (χ4n) is 2.23. The van der Waals surface area contributed by atoms with Gasteiger partial charge in [0.1, 0.15) is 0 Å². The fraction of sp³-hybridized carbons (Fsp3) is 0.0588. The SMILES string of the molecule is O=C1NC(=S)N(c2ccccc2)C(=O)[C@@H]1C=Nc1ccc(I)cc1. The molecule has 0 spiro atoms. The molecule has 0 saturated carbocycles. The Morgan fingerprint density at radius 1 is 1.08 bits per heavy atom. The molecule has 1 heterocycles. The van der Waals surface area contributed by atoms with Gasteiger partial charge in [0.25, 0.3) is 5.91 Å². The summed E-state index contributed by atoms with van der Waals surface area (Å²) in [6.07, 6.45) is 1.36. The summed E-state index contributed by atoms with van der Waals surface area (Å²) in [7, 11) is 0. The van der Waals surface area contributed by atoms with Crippen LogP contribution in [0.1, 0.15) is 0 Å². The van der Waals surface area contributed by atoms with Crippen LogP contribution in [0.3, 0.4) is 0 Å². The van der Waals surface area contributed by atoms with Crippen LogP contribution in [0.15, 0.2) is 59.6 Å². The van der Waals surface area contributed by atoms with E-state index in [1.165, 1.54) is 11.1 Å². The molecule has 7 heteroatoms. The summed E-state index contributed by atoms with van der Waals surface area (Å²) in [6.45, 7) is 0. The second-order valence-electron chi connectivity index (χ2n) is 5.04. The van der Waals surface area contributed by atoms with Crippen molar-refractivity contribution in [2.24, 2.45) is 10.9 Å². The molecule has 0 aliphatic carbocycles. The van der Waals surface area contributed by atoms with Crippen molar-refractivity contribution in [1.29, 1.82) is 0 Å². The molecule has 0 radical (unpaired) electrons. The standard InChI is InChI=1S/C17H12IN3O2S/c18-11-6-8-12(9-7-11)19-10-14-15(22)20-17(24)21(16(14)23)13-4-2-1-3-5-13/h1-10,14H,(H,20,22,24)/t14-/m1/s1. The Hall–Kier alpha value is -2.13. The number of hydrogen-bond donors (Lipinski definition) is 1. The van der Waals surface area contributed by atoms with Crippen molar-refractivity contribution < 1.29 is 9.59 Å². The van der Waals surface area contributed by atoms with E-state index in [1.54, 1.807) is 24.3 Å². The number of rotatable bonds is 3. The Kier molecular flexibility index (Phi) is 5.00. The van der Waals surface area contributed by atoms with Crippen LogP contribution < -0.4 is 10.2 Å². The van der Waals surface area contributed by atoms with E-state index in [0.29, 0.717) is 11.4 Å². The second kappa shape index (κ2) is 7.18. The van der Waals surface area contributed by atoms with E-state index in [-0.39, 0.29) is 5.11 Å². The molecule has 1 atom stereocenters. The maximum Gasteiger partial charge on any atom is 0.251 e. The van der Waals surface area contributed by atoms with E-state index in [0.717, 1.165) is 3.57 Å².